The van der Waals surface area contributed by atoms with E-state index >= 15 is 0 Å². The summed E-state index contributed by atoms with van der Waals surface area (Å²) in [6.07, 6.45) is -0.576. The number of carbonyl (C=O) groups excluding carboxylic acids is 1. The minimum absolute atomic E-state index is 0.0130. The predicted octanol–water partition coefficient (Wildman–Crippen LogP) is 3.13. The van der Waals surface area contributed by atoms with Gasteiger partial charge in [0.15, 0.2) is 0 Å². The summed E-state index contributed by atoms with van der Waals surface area (Å²) >= 11 is 3.34. The number of benzene rings is 2. The highest BCUT2D eigenvalue weighted by Crippen LogP contribution is 2.35. The van der Waals surface area contributed by atoms with Crippen LogP contribution in [0.25, 0.3) is 0 Å². The Labute approximate surface area is 196 Å². The van der Waals surface area contributed by atoms with Crippen LogP contribution in [0.2, 0.25) is 0 Å². The van der Waals surface area contributed by atoms with Crippen LogP contribution in [0.1, 0.15) is 24.2 Å². The molecular weight excluding hydrogens is 503 g/mol. The number of ether oxygens (including phenoxy) is 1. The van der Waals surface area contributed by atoms with E-state index in [4.69, 9.17) is 4.74 Å². The molecule has 7 nitrogen and oxygen atoms in total. The van der Waals surface area contributed by atoms with Crippen molar-refractivity contribution in [2.75, 3.05) is 26.7 Å². The Hall–Kier alpha value is -2.01. The molecule has 2 aromatic rings. The van der Waals surface area contributed by atoms with Gasteiger partial charge in [0.05, 0.1) is 18.7 Å². The summed E-state index contributed by atoms with van der Waals surface area (Å²) in [6.45, 7) is 3.32. The first-order valence-corrected chi connectivity index (χ1v) is 12.4. The fraction of sp³-hybridized carbons (Fsp3) is 0.409. The molecule has 0 radical (unpaired) electrons. The minimum Gasteiger partial charge on any atom is -0.487 e. The zero-order valence-electron chi connectivity index (χ0n) is 18.0. The van der Waals surface area contributed by atoms with Crippen LogP contribution < -0.4 is 4.74 Å². The van der Waals surface area contributed by atoms with Crippen molar-refractivity contribution in [3.05, 3.63) is 58.3 Å². The summed E-state index contributed by atoms with van der Waals surface area (Å²) < 4.78 is 48.7. The number of halogens is 2. The van der Waals surface area contributed by atoms with E-state index in [9.17, 15) is 22.7 Å². The molecule has 174 valence electrons. The van der Waals surface area contributed by atoms with Gasteiger partial charge in [0.25, 0.3) is 5.91 Å². The van der Waals surface area contributed by atoms with E-state index in [1.165, 1.54) is 33.5 Å². The van der Waals surface area contributed by atoms with Crippen LogP contribution in [0, 0.1) is 11.7 Å². The van der Waals surface area contributed by atoms with E-state index < -0.39 is 33.9 Å². The molecule has 2 aromatic carbocycles. The van der Waals surface area contributed by atoms with Gasteiger partial charge in [0.2, 0.25) is 10.0 Å². The lowest BCUT2D eigenvalue weighted by Crippen LogP contribution is -2.50. The van der Waals surface area contributed by atoms with Crippen LogP contribution in [0.4, 0.5) is 4.39 Å². The van der Waals surface area contributed by atoms with Gasteiger partial charge in [-0.3, -0.25) is 4.79 Å². The number of aliphatic hydroxyl groups excluding tert-OH is 1. The lowest BCUT2D eigenvalue weighted by molar-refractivity contribution is 0.0560. The number of likely N-dealkylation sites (N-methyl/N-ethyl adjacent to an activating group) is 1. The van der Waals surface area contributed by atoms with Gasteiger partial charge in [0.1, 0.15) is 22.6 Å². The van der Waals surface area contributed by atoms with E-state index in [0.29, 0.717) is 4.47 Å². The van der Waals surface area contributed by atoms with Gasteiger partial charge in [0, 0.05) is 30.0 Å². The summed E-state index contributed by atoms with van der Waals surface area (Å²) in [6, 6.07) is 9.73. The smallest absolute Gasteiger partial charge is 0.256 e. The molecule has 1 aliphatic heterocycles. The first-order chi connectivity index (χ1) is 15.1. The fourth-order valence-electron chi connectivity index (χ4n) is 3.61. The zero-order chi connectivity index (χ0) is 23.6. The zero-order valence-corrected chi connectivity index (χ0v) is 20.4. The molecule has 1 amide bonds. The van der Waals surface area contributed by atoms with Crippen LogP contribution in [-0.2, 0) is 10.0 Å². The van der Waals surface area contributed by atoms with Crippen molar-refractivity contribution in [3.63, 3.8) is 0 Å². The average Bonchev–Trinajstić information content (AvgIpc) is 2.75. The van der Waals surface area contributed by atoms with Gasteiger partial charge in [-0.05, 0) is 37.3 Å². The van der Waals surface area contributed by atoms with Crippen LogP contribution in [0.15, 0.2) is 51.8 Å². The summed E-state index contributed by atoms with van der Waals surface area (Å²) in [5, 5.41) is 9.66. The normalized spacial score (nSPS) is 21.6. The molecule has 0 unspecified atom stereocenters. The van der Waals surface area contributed by atoms with E-state index in [1.54, 1.807) is 32.2 Å². The first kappa shape index (κ1) is 24.6. The van der Waals surface area contributed by atoms with Gasteiger partial charge < -0.3 is 14.7 Å². The highest BCUT2D eigenvalue weighted by atomic mass is 79.9. The molecule has 0 aliphatic carbocycles. The number of hydrogen-bond acceptors (Lipinski definition) is 5. The SMILES string of the molecule is C[C@H]1CN([C@@H](C)CO)S(=O)(=O)c2ccc(Br)cc2O[C@H]1CN(C)C(=O)c1ccccc1F. The highest BCUT2D eigenvalue weighted by molar-refractivity contribution is 9.10. The van der Waals surface area contributed by atoms with Crippen LogP contribution in [0.3, 0.4) is 0 Å². The number of fused-ring (bicyclic) bond motifs is 1. The van der Waals surface area contributed by atoms with Crippen molar-refractivity contribution in [2.24, 2.45) is 5.92 Å². The molecule has 0 saturated heterocycles. The molecule has 32 heavy (non-hydrogen) atoms. The Morgan fingerprint density at radius 3 is 2.69 bits per heavy atom. The van der Waals surface area contributed by atoms with Gasteiger partial charge in [-0.1, -0.05) is 35.0 Å². The standard InChI is InChI=1S/C22H26BrFN2O5S/c1-14-11-26(15(2)13-27)32(29,30)21-9-8-16(23)10-19(21)31-20(14)12-25(3)22(28)17-6-4-5-7-18(17)24/h4-10,14-15,20,27H,11-13H2,1-3H3/t14-,15-,20-/m0/s1. The lowest BCUT2D eigenvalue weighted by Gasteiger charge is -2.37. The van der Waals surface area contributed by atoms with Crippen molar-refractivity contribution < 1.29 is 27.4 Å². The molecule has 3 rings (SSSR count). The number of carbonyl (C=O) groups is 1. The summed E-state index contributed by atoms with van der Waals surface area (Å²) in [7, 11) is -2.37. The summed E-state index contributed by atoms with van der Waals surface area (Å²) in [5.41, 5.74) is -0.0465. The molecule has 1 aliphatic rings. The van der Waals surface area contributed by atoms with Crippen molar-refractivity contribution >= 4 is 31.9 Å². The second-order valence-corrected chi connectivity index (χ2v) is 10.8. The molecular formula is C22H26BrFN2O5S. The molecule has 0 spiro atoms. The Morgan fingerprint density at radius 2 is 2.03 bits per heavy atom. The van der Waals surface area contributed by atoms with E-state index in [2.05, 4.69) is 15.9 Å². The first-order valence-electron chi connectivity index (χ1n) is 10.1. The summed E-state index contributed by atoms with van der Waals surface area (Å²) in [5.74, 6) is -1.29. The number of nitrogens with zero attached hydrogens (tertiary/aromatic N) is 2. The molecule has 3 atom stereocenters. The quantitative estimate of drug-likeness (QED) is 0.644. The topological polar surface area (TPSA) is 87.2 Å². The largest absolute Gasteiger partial charge is 0.487 e. The van der Waals surface area contributed by atoms with E-state index in [-0.39, 0.29) is 41.8 Å². The van der Waals surface area contributed by atoms with E-state index in [0.717, 1.165) is 0 Å². The van der Waals surface area contributed by atoms with E-state index in [1.807, 2.05) is 6.92 Å². The third-order valence-electron chi connectivity index (χ3n) is 5.53. The lowest BCUT2D eigenvalue weighted by atomic mass is 10.0. The van der Waals surface area contributed by atoms with Crippen LogP contribution >= 0.6 is 15.9 Å². The molecule has 10 heteroatoms. The van der Waals surface area contributed by atoms with Gasteiger partial charge in [-0.15, -0.1) is 0 Å². The monoisotopic (exact) mass is 528 g/mol. The molecule has 1 N–H and O–H groups in total. The average molecular weight is 529 g/mol. The Balaban J connectivity index is 1.97. The molecule has 0 saturated carbocycles. The highest BCUT2D eigenvalue weighted by Gasteiger charge is 2.38. The van der Waals surface area contributed by atoms with Crippen molar-refractivity contribution in [2.45, 2.75) is 30.9 Å². The van der Waals surface area contributed by atoms with Crippen molar-refractivity contribution in [1.82, 2.24) is 9.21 Å². The molecule has 0 aromatic heterocycles. The van der Waals surface area contributed by atoms with Gasteiger partial charge in [-0.2, -0.15) is 4.31 Å². The summed E-state index contributed by atoms with van der Waals surface area (Å²) in [4.78, 5) is 14.2. The maximum absolute atomic E-state index is 14.1. The minimum atomic E-state index is -3.92. The van der Waals surface area contributed by atoms with Crippen LogP contribution in [-0.4, -0.2) is 67.5 Å². The Morgan fingerprint density at radius 1 is 1.34 bits per heavy atom. The molecule has 0 bridgehead atoms. The van der Waals surface area contributed by atoms with Crippen molar-refractivity contribution in [3.8, 4) is 5.75 Å². The Kier molecular flexibility index (Phi) is 7.59. The second kappa shape index (κ2) is 9.86. The maximum Gasteiger partial charge on any atom is 0.256 e. The fourth-order valence-corrected chi connectivity index (χ4v) is 5.78. The second-order valence-electron chi connectivity index (χ2n) is 8.00. The number of hydrogen-bond donors (Lipinski definition) is 1. The molecule has 0 fully saturated rings. The van der Waals surface area contributed by atoms with Gasteiger partial charge >= 0.3 is 0 Å². The number of sulfonamides is 1. The third-order valence-corrected chi connectivity index (χ3v) is 8.05. The third kappa shape index (κ3) is 4.98. The number of amides is 1. The van der Waals surface area contributed by atoms with Gasteiger partial charge in [-0.25, -0.2) is 12.8 Å². The number of rotatable bonds is 5. The Bertz CT molecular complexity index is 1100. The predicted molar refractivity (Wildman–Crippen MR) is 122 cm³/mol. The van der Waals surface area contributed by atoms with Crippen LogP contribution in [0.5, 0.6) is 5.75 Å². The molecule has 1 heterocycles. The maximum atomic E-state index is 14.1. The van der Waals surface area contributed by atoms with Crippen molar-refractivity contribution in [1.29, 1.82) is 0 Å². The number of aliphatic hydroxyl groups is 1.